The summed E-state index contributed by atoms with van der Waals surface area (Å²) in [5.74, 6) is 1.87. The third kappa shape index (κ3) is 4.39. The summed E-state index contributed by atoms with van der Waals surface area (Å²) in [5.41, 5.74) is 3.27. The largest absolute Gasteiger partial charge is 0.495 e. The Kier molecular flexibility index (Phi) is 5.36. The summed E-state index contributed by atoms with van der Waals surface area (Å²) in [4.78, 5) is 8.72. The highest BCUT2D eigenvalue weighted by Crippen LogP contribution is 2.28. The number of halogens is 1. The van der Waals surface area contributed by atoms with Gasteiger partial charge in [0, 0.05) is 18.4 Å². The molecule has 0 fully saturated rings. The quantitative estimate of drug-likeness (QED) is 0.665. The molecule has 5 nitrogen and oxygen atoms in total. The van der Waals surface area contributed by atoms with Gasteiger partial charge in [0.05, 0.1) is 12.1 Å². The number of rotatable bonds is 6. The highest BCUT2D eigenvalue weighted by molar-refractivity contribution is 6.32. The van der Waals surface area contributed by atoms with Gasteiger partial charge in [0.25, 0.3) is 0 Å². The Bertz CT molecular complexity index is 870. The number of ether oxygens (including phenoxy) is 1. The molecule has 0 saturated heterocycles. The third-order valence-corrected chi connectivity index (χ3v) is 4.08. The first-order chi connectivity index (χ1) is 12.2. The molecule has 6 heteroatoms. The molecule has 0 spiro atoms. The fourth-order valence-corrected chi connectivity index (χ4v) is 2.64. The molecule has 0 saturated carbocycles. The van der Waals surface area contributed by atoms with Crippen LogP contribution in [0.4, 0.5) is 17.5 Å². The first-order valence-electron chi connectivity index (χ1n) is 7.87. The lowest BCUT2D eigenvalue weighted by Crippen LogP contribution is -2.05. The van der Waals surface area contributed by atoms with Gasteiger partial charge in [-0.15, -0.1) is 0 Å². The number of nitrogens with zero attached hydrogens (tertiary/aromatic N) is 2. The molecule has 25 heavy (non-hydrogen) atoms. The average molecular weight is 355 g/mol. The second-order valence-electron chi connectivity index (χ2n) is 5.52. The predicted octanol–water partition coefficient (Wildman–Crippen LogP) is 4.80. The van der Waals surface area contributed by atoms with Crippen molar-refractivity contribution in [1.29, 1.82) is 0 Å². The zero-order valence-corrected chi connectivity index (χ0v) is 14.8. The molecule has 0 aliphatic rings. The minimum absolute atomic E-state index is 0.496. The van der Waals surface area contributed by atoms with Crippen LogP contribution in [0.25, 0.3) is 0 Å². The second-order valence-corrected chi connectivity index (χ2v) is 5.93. The van der Waals surface area contributed by atoms with Crippen molar-refractivity contribution in [3.8, 4) is 5.75 Å². The van der Waals surface area contributed by atoms with E-state index in [0.717, 1.165) is 11.5 Å². The zero-order valence-electron chi connectivity index (χ0n) is 14.1. The van der Waals surface area contributed by atoms with Crippen LogP contribution >= 0.6 is 11.6 Å². The molecule has 1 aromatic heterocycles. The van der Waals surface area contributed by atoms with Gasteiger partial charge >= 0.3 is 0 Å². The number of methoxy groups -OCH3 is 1. The molecule has 0 amide bonds. The van der Waals surface area contributed by atoms with Gasteiger partial charge < -0.3 is 15.4 Å². The Morgan fingerprint density at radius 3 is 2.72 bits per heavy atom. The van der Waals surface area contributed by atoms with E-state index in [1.54, 1.807) is 25.4 Å². The normalized spacial score (nSPS) is 10.4. The van der Waals surface area contributed by atoms with Gasteiger partial charge in [-0.1, -0.05) is 35.9 Å². The van der Waals surface area contributed by atoms with E-state index in [0.29, 0.717) is 23.3 Å². The summed E-state index contributed by atoms with van der Waals surface area (Å²) < 4.78 is 5.15. The van der Waals surface area contributed by atoms with Crippen LogP contribution in [-0.4, -0.2) is 17.1 Å². The lowest BCUT2D eigenvalue weighted by molar-refractivity contribution is 0.415. The van der Waals surface area contributed by atoms with Crippen LogP contribution in [0.1, 0.15) is 11.1 Å². The van der Waals surface area contributed by atoms with E-state index in [9.17, 15) is 0 Å². The molecular weight excluding hydrogens is 336 g/mol. The monoisotopic (exact) mass is 354 g/mol. The number of hydrogen-bond acceptors (Lipinski definition) is 5. The fraction of sp³-hybridized carbons (Fsp3) is 0.158. The van der Waals surface area contributed by atoms with Crippen molar-refractivity contribution in [3.63, 3.8) is 0 Å². The summed E-state index contributed by atoms with van der Waals surface area (Å²) in [6.07, 6.45) is 1.71. The van der Waals surface area contributed by atoms with E-state index in [1.165, 1.54) is 11.1 Å². The zero-order chi connectivity index (χ0) is 17.6. The van der Waals surface area contributed by atoms with Crippen molar-refractivity contribution < 1.29 is 4.74 Å². The number of anilines is 3. The average Bonchev–Trinajstić information content (AvgIpc) is 2.62. The van der Waals surface area contributed by atoms with Crippen molar-refractivity contribution in [3.05, 3.63) is 70.9 Å². The van der Waals surface area contributed by atoms with Crippen molar-refractivity contribution >= 4 is 29.1 Å². The van der Waals surface area contributed by atoms with Crippen molar-refractivity contribution in [2.75, 3.05) is 17.7 Å². The Hall–Kier alpha value is -2.79. The minimum atomic E-state index is 0.496. The number of aromatic nitrogens is 2. The summed E-state index contributed by atoms with van der Waals surface area (Å²) in [7, 11) is 1.58. The van der Waals surface area contributed by atoms with Crippen LogP contribution in [-0.2, 0) is 6.54 Å². The van der Waals surface area contributed by atoms with Crippen LogP contribution in [0.15, 0.2) is 54.7 Å². The maximum Gasteiger partial charge on any atom is 0.229 e. The predicted molar refractivity (Wildman–Crippen MR) is 102 cm³/mol. The lowest BCUT2D eigenvalue weighted by atomic mass is 10.1. The van der Waals surface area contributed by atoms with Crippen LogP contribution in [0.2, 0.25) is 5.02 Å². The first kappa shape index (κ1) is 17.0. The molecule has 3 aromatic rings. The van der Waals surface area contributed by atoms with Crippen molar-refractivity contribution in [2.24, 2.45) is 0 Å². The van der Waals surface area contributed by atoms with Gasteiger partial charge in [-0.3, -0.25) is 0 Å². The SMILES string of the molecule is COc1ccc(Nc2nccc(NCc3ccccc3C)n2)cc1Cl. The molecule has 3 rings (SSSR count). The van der Waals surface area contributed by atoms with Crippen LogP contribution < -0.4 is 15.4 Å². The summed E-state index contributed by atoms with van der Waals surface area (Å²) in [6, 6.07) is 15.5. The molecular formula is C19H19ClN4O. The van der Waals surface area contributed by atoms with Crippen LogP contribution in [0, 0.1) is 6.92 Å². The molecule has 0 unspecified atom stereocenters. The maximum atomic E-state index is 6.14. The topological polar surface area (TPSA) is 59.1 Å². The van der Waals surface area contributed by atoms with Crippen molar-refractivity contribution in [2.45, 2.75) is 13.5 Å². The number of hydrogen-bond donors (Lipinski definition) is 2. The fourth-order valence-electron chi connectivity index (χ4n) is 2.38. The highest BCUT2D eigenvalue weighted by Gasteiger charge is 2.05. The molecule has 0 atom stereocenters. The molecule has 2 aromatic carbocycles. The van der Waals surface area contributed by atoms with Gasteiger partial charge in [0.2, 0.25) is 5.95 Å². The van der Waals surface area contributed by atoms with Crippen molar-refractivity contribution in [1.82, 2.24) is 9.97 Å². The summed E-state index contributed by atoms with van der Waals surface area (Å²) in [5, 5.41) is 6.99. The second kappa shape index (κ2) is 7.85. The van der Waals surface area contributed by atoms with E-state index < -0.39 is 0 Å². The molecule has 0 radical (unpaired) electrons. The first-order valence-corrected chi connectivity index (χ1v) is 8.25. The van der Waals surface area contributed by atoms with Gasteiger partial charge in [-0.05, 0) is 42.3 Å². The Labute approximate surface area is 152 Å². The Morgan fingerprint density at radius 1 is 1.12 bits per heavy atom. The Balaban J connectivity index is 1.69. The van der Waals surface area contributed by atoms with E-state index in [1.807, 2.05) is 24.3 Å². The van der Waals surface area contributed by atoms with Gasteiger partial charge in [-0.25, -0.2) is 4.98 Å². The molecule has 0 bridgehead atoms. The molecule has 0 aliphatic heterocycles. The smallest absolute Gasteiger partial charge is 0.229 e. The number of nitrogens with one attached hydrogen (secondary N) is 2. The van der Waals surface area contributed by atoms with E-state index in [-0.39, 0.29) is 0 Å². The minimum Gasteiger partial charge on any atom is -0.495 e. The molecule has 1 heterocycles. The molecule has 128 valence electrons. The van der Waals surface area contributed by atoms with Gasteiger partial charge in [0.1, 0.15) is 11.6 Å². The van der Waals surface area contributed by atoms with Gasteiger partial charge in [0.15, 0.2) is 0 Å². The maximum absolute atomic E-state index is 6.14. The number of aryl methyl sites for hydroxylation is 1. The van der Waals surface area contributed by atoms with E-state index in [2.05, 4.69) is 39.7 Å². The van der Waals surface area contributed by atoms with Crippen LogP contribution in [0.5, 0.6) is 5.75 Å². The lowest BCUT2D eigenvalue weighted by Gasteiger charge is -2.10. The van der Waals surface area contributed by atoms with Gasteiger partial charge in [-0.2, -0.15) is 4.98 Å². The molecule has 2 N–H and O–H groups in total. The number of benzene rings is 2. The van der Waals surface area contributed by atoms with E-state index in [4.69, 9.17) is 16.3 Å². The highest BCUT2D eigenvalue weighted by atomic mass is 35.5. The summed E-state index contributed by atoms with van der Waals surface area (Å²) in [6.45, 7) is 2.80. The Morgan fingerprint density at radius 2 is 1.96 bits per heavy atom. The summed E-state index contributed by atoms with van der Waals surface area (Å²) >= 11 is 6.14. The van der Waals surface area contributed by atoms with Crippen LogP contribution in [0.3, 0.4) is 0 Å². The molecule has 0 aliphatic carbocycles. The standard InChI is InChI=1S/C19H19ClN4O/c1-13-5-3-4-6-14(13)12-22-18-9-10-21-19(24-18)23-15-7-8-17(25-2)16(20)11-15/h3-11H,12H2,1-2H3,(H2,21,22,23,24). The van der Waals surface area contributed by atoms with E-state index >= 15 is 0 Å². The third-order valence-electron chi connectivity index (χ3n) is 3.78.